The Bertz CT molecular complexity index is 999. The average molecular weight is 421 g/mol. The molecule has 0 bridgehead atoms. The van der Waals surface area contributed by atoms with Crippen molar-refractivity contribution in [1.29, 1.82) is 0 Å². The third kappa shape index (κ3) is 5.72. The zero-order chi connectivity index (χ0) is 22.2. The van der Waals surface area contributed by atoms with Gasteiger partial charge in [-0.1, -0.05) is 42.4 Å². The van der Waals surface area contributed by atoms with Gasteiger partial charge in [0, 0.05) is 24.2 Å². The number of aliphatic hydroxyl groups is 1. The van der Waals surface area contributed by atoms with Crippen molar-refractivity contribution in [2.75, 3.05) is 17.2 Å². The molecule has 0 aliphatic heterocycles. The SMILES string of the molecule is CCON=C(CC)C1=C(O)CC(c2cccc(NC(=O)Nc3ccccc3)c2)CC1=O. The number of carbonyl (C=O) groups excluding carboxylic acids is 2. The number of hydrogen-bond acceptors (Lipinski definition) is 5. The van der Waals surface area contributed by atoms with Gasteiger partial charge in [0.1, 0.15) is 12.4 Å². The Morgan fingerprint density at radius 1 is 1.06 bits per heavy atom. The van der Waals surface area contributed by atoms with E-state index < -0.39 is 0 Å². The van der Waals surface area contributed by atoms with Crippen molar-refractivity contribution in [1.82, 2.24) is 0 Å². The predicted molar refractivity (Wildman–Crippen MR) is 122 cm³/mol. The van der Waals surface area contributed by atoms with Crippen LogP contribution in [0.5, 0.6) is 0 Å². The fourth-order valence-electron chi connectivity index (χ4n) is 3.57. The molecular weight excluding hydrogens is 394 g/mol. The number of anilines is 2. The Balaban J connectivity index is 1.73. The Hall–Kier alpha value is -3.61. The standard InChI is InChI=1S/C24H27N3O4/c1-3-20(27-31-4-2)23-21(28)14-17(15-22(23)29)16-9-8-12-19(13-16)26-24(30)25-18-10-6-5-7-11-18/h5-13,17,28H,3-4,14-15H2,1-2H3,(H2,25,26,30). The Kier molecular flexibility index (Phi) is 7.43. The lowest BCUT2D eigenvalue weighted by molar-refractivity contribution is -0.116. The molecule has 3 N–H and O–H groups in total. The second kappa shape index (κ2) is 10.4. The molecule has 1 aliphatic rings. The first-order valence-electron chi connectivity index (χ1n) is 10.4. The van der Waals surface area contributed by atoms with E-state index in [0.717, 1.165) is 5.56 Å². The lowest BCUT2D eigenvalue weighted by atomic mass is 9.81. The number of ketones is 1. The van der Waals surface area contributed by atoms with E-state index in [1.807, 2.05) is 50.2 Å². The number of nitrogens with one attached hydrogen (secondary N) is 2. The molecule has 0 fully saturated rings. The summed E-state index contributed by atoms with van der Waals surface area (Å²) in [5.74, 6) is -0.309. The van der Waals surface area contributed by atoms with E-state index in [1.54, 1.807) is 18.2 Å². The average Bonchev–Trinajstić information content (AvgIpc) is 2.76. The van der Waals surface area contributed by atoms with Crippen molar-refractivity contribution in [3.05, 3.63) is 71.5 Å². The summed E-state index contributed by atoms with van der Waals surface area (Å²) in [5, 5.41) is 20.2. The molecule has 0 heterocycles. The molecule has 1 unspecified atom stereocenters. The van der Waals surface area contributed by atoms with Crippen LogP contribution >= 0.6 is 0 Å². The number of aliphatic hydroxyl groups excluding tert-OH is 1. The van der Waals surface area contributed by atoms with Gasteiger partial charge in [0.05, 0.1) is 11.3 Å². The maximum Gasteiger partial charge on any atom is 0.323 e. The van der Waals surface area contributed by atoms with E-state index in [9.17, 15) is 14.7 Å². The van der Waals surface area contributed by atoms with Crippen molar-refractivity contribution in [2.24, 2.45) is 5.16 Å². The van der Waals surface area contributed by atoms with Crippen LogP contribution < -0.4 is 10.6 Å². The highest BCUT2D eigenvalue weighted by molar-refractivity contribution is 6.23. The molecule has 1 aliphatic carbocycles. The van der Waals surface area contributed by atoms with Crippen molar-refractivity contribution in [3.63, 3.8) is 0 Å². The number of nitrogens with zero attached hydrogens (tertiary/aromatic N) is 1. The summed E-state index contributed by atoms with van der Waals surface area (Å²) in [5.41, 5.74) is 2.91. The molecule has 7 nitrogen and oxygen atoms in total. The molecule has 31 heavy (non-hydrogen) atoms. The zero-order valence-corrected chi connectivity index (χ0v) is 17.7. The van der Waals surface area contributed by atoms with Gasteiger partial charge in [-0.2, -0.15) is 0 Å². The number of carbonyl (C=O) groups is 2. The molecule has 0 spiro atoms. The van der Waals surface area contributed by atoms with Gasteiger partial charge in [0.15, 0.2) is 5.78 Å². The summed E-state index contributed by atoms with van der Waals surface area (Å²) >= 11 is 0. The third-order valence-corrected chi connectivity index (χ3v) is 5.01. The number of allylic oxidation sites excluding steroid dienone is 2. The lowest BCUT2D eigenvalue weighted by Crippen LogP contribution is -2.24. The lowest BCUT2D eigenvalue weighted by Gasteiger charge is -2.24. The van der Waals surface area contributed by atoms with Gasteiger partial charge in [-0.05, 0) is 49.1 Å². The van der Waals surface area contributed by atoms with Crippen LogP contribution in [-0.4, -0.2) is 29.2 Å². The summed E-state index contributed by atoms with van der Waals surface area (Å²) in [7, 11) is 0. The van der Waals surface area contributed by atoms with Gasteiger partial charge in [0.25, 0.3) is 0 Å². The van der Waals surface area contributed by atoms with Crippen LogP contribution in [0, 0.1) is 0 Å². The van der Waals surface area contributed by atoms with Crippen LogP contribution in [-0.2, 0) is 9.63 Å². The number of rotatable bonds is 7. The number of amides is 2. The largest absolute Gasteiger partial charge is 0.511 e. The fourth-order valence-corrected chi connectivity index (χ4v) is 3.57. The minimum atomic E-state index is -0.354. The molecule has 0 saturated carbocycles. The quantitative estimate of drug-likeness (QED) is 0.412. The zero-order valence-electron chi connectivity index (χ0n) is 17.7. The Morgan fingerprint density at radius 3 is 2.45 bits per heavy atom. The van der Waals surface area contributed by atoms with Crippen LogP contribution in [0.4, 0.5) is 16.2 Å². The predicted octanol–water partition coefficient (Wildman–Crippen LogP) is 5.39. The van der Waals surface area contributed by atoms with E-state index in [2.05, 4.69) is 15.8 Å². The molecule has 0 saturated heterocycles. The van der Waals surface area contributed by atoms with Crippen molar-refractivity contribution in [2.45, 2.75) is 39.0 Å². The number of urea groups is 1. The molecule has 2 aromatic rings. The first kappa shape index (κ1) is 22.1. The van der Waals surface area contributed by atoms with E-state index in [-0.39, 0.29) is 35.5 Å². The molecule has 0 aromatic heterocycles. The van der Waals surface area contributed by atoms with Gasteiger partial charge in [-0.25, -0.2) is 4.79 Å². The van der Waals surface area contributed by atoms with Gasteiger partial charge in [0.2, 0.25) is 0 Å². The summed E-state index contributed by atoms with van der Waals surface area (Å²) < 4.78 is 0. The van der Waals surface area contributed by atoms with Crippen LogP contribution in [0.15, 0.2) is 71.1 Å². The van der Waals surface area contributed by atoms with E-state index in [1.165, 1.54) is 0 Å². The summed E-state index contributed by atoms with van der Waals surface area (Å²) in [4.78, 5) is 30.1. The number of Topliss-reactive ketones (excluding diaryl/α,β-unsaturated/α-hetero) is 1. The molecule has 7 heteroatoms. The number of hydrogen-bond donors (Lipinski definition) is 3. The molecule has 0 radical (unpaired) electrons. The number of oxime groups is 1. The van der Waals surface area contributed by atoms with Crippen molar-refractivity contribution < 1.29 is 19.5 Å². The van der Waals surface area contributed by atoms with Crippen LogP contribution in [0.25, 0.3) is 0 Å². The van der Waals surface area contributed by atoms with Gasteiger partial charge >= 0.3 is 6.03 Å². The molecule has 162 valence electrons. The second-order valence-corrected chi connectivity index (χ2v) is 7.23. The van der Waals surface area contributed by atoms with Crippen LogP contribution in [0.3, 0.4) is 0 Å². The number of benzene rings is 2. The maximum atomic E-state index is 12.8. The summed E-state index contributed by atoms with van der Waals surface area (Å²) in [6.45, 7) is 4.07. The molecule has 3 rings (SSSR count). The van der Waals surface area contributed by atoms with Gasteiger partial charge in [-0.3, -0.25) is 4.79 Å². The van der Waals surface area contributed by atoms with E-state index in [4.69, 9.17) is 4.84 Å². The normalized spacial score (nSPS) is 16.8. The van der Waals surface area contributed by atoms with Gasteiger partial charge in [-0.15, -0.1) is 0 Å². The summed E-state index contributed by atoms with van der Waals surface area (Å²) in [6.07, 6.45) is 1.07. The smallest absolute Gasteiger partial charge is 0.323 e. The first-order valence-corrected chi connectivity index (χ1v) is 10.4. The molecular formula is C24H27N3O4. The third-order valence-electron chi connectivity index (χ3n) is 5.01. The molecule has 2 amide bonds. The monoisotopic (exact) mass is 421 g/mol. The minimum Gasteiger partial charge on any atom is -0.511 e. The summed E-state index contributed by atoms with van der Waals surface area (Å²) in [6, 6.07) is 16.1. The Morgan fingerprint density at radius 2 is 1.77 bits per heavy atom. The van der Waals surface area contributed by atoms with Crippen molar-refractivity contribution in [3.8, 4) is 0 Å². The van der Waals surface area contributed by atoms with Crippen molar-refractivity contribution >= 4 is 28.9 Å². The Labute approximate surface area is 181 Å². The number of para-hydroxylation sites is 1. The van der Waals surface area contributed by atoms with E-state index >= 15 is 0 Å². The van der Waals surface area contributed by atoms with Crippen LogP contribution in [0.1, 0.15) is 44.6 Å². The highest BCUT2D eigenvalue weighted by Crippen LogP contribution is 2.35. The van der Waals surface area contributed by atoms with E-state index in [0.29, 0.717) is 36.5 Å². The maximum absolute atomic E-state index is 12.8. The topological polar surface area (TPSA) is 100 Å². The van der Waals surface area contributed by atoms with Crippen LogP contribution in [0.2, 0.25) is 0 Å². The minimum absolute atomic E-state index is 0.0294. The highest BCUT2D eigenvalue weighted by atomic mass is 16.6. The van der Waals surface area contributed by atoms with Gasteiger partial charge < -0.3 is 20.6 Å². The molecule has 1 atom stereocenters. The fraction of sp³-hybridized carbons (Fsp3) is 0.292. The first-order chi connectivity index (χ1) is 15.0. The molecule has 2 aromatic carbocycles. The second-order valence-electron chi connectivity index (χ2n) is 7.23. The highest BCUT2D eigenvalue weighted by Gasteiger charge is 2.31.